The van der Waals surface area contributed by atoms with Gasteiger partial charge in [0.05, 0.1) is 19.3 Å². The standard InChI is InChI=1S/C21H27N3O4/c1-3-28-18-9-7-16(14-19(18)27-2)8-10-20(25)23-12-5-13-24-21(26)17-6-4-11-22-15-17/h4,6-7,9,11,14-15H,3,5,8,10,12-13H2,1-2H3,(H,23,25)(H,24,26). The quantitative estimate of drug-likeness (QED) is 0.580. The first kappa shape index (κ1) is 21.2. The van der Waals surface area contributed by atoms with Crippen LogP contribution in [0.5, 0.6) is 11.5 Å². The molecule has 1 aromatic heterocycles. The first-order valence-electron chi connectivity index (χ1n) is 9.38. The molecule has 0 aliphatic carbocycles. The molecule has 1 heterocycles. The van der Waals surface area contributed by atoms with Crippen LogP contribution in [0.25, 0.3) is 0 Å². The third kappa shape index (κ3) is 6.90. The Morgan fingerprint density at radius 3 is 2.64 bits per heavy atom. The van der Waals surface area contributed by atoms with Gasteiger partial charge in [-0.05, 0) is 49.6 Å². The summed E-state index contributed by atoms with van der Waals surface area (Å²) >= 11 is 0. The average molecular weight is 385 g/mol. The molecule has 150 valence electrons. The number of carbonyl (C=O) groups excluding carboxylic acids is 2. The molecule has 0 radical (unpaired) electrons. The zero-order valence-electron chi connectivity index (χ0n) is 16.4. The van der Waals surface area contributed by atoms with Gasteiger partial charge < -0.3 is 20.1 Å². The van der Waals surface area contributed by atoms with Crippen LogP contribution >= 0.6 is 0 Å². The van der Waals surface area contributed by atoms with Crippen LogP contribution in [0.2, 0.25) is 0 Å². The van der Waals surface area contributed by atoms with Crippen molar-refractivity contribution in [2.75, 3.05) is 26.8 Å². The fourth-order valence-electron chi connectivity index (χ4n) is 2.61. The van der Waals surface area contributed by atoms with Crippen molar-refractivity contribution in [2.45, 2.75) is 26.2 Å². The topological polar surface area (TPSA) is 89.6 Å². The van der Waals surface area contributed by atoms with Crippen LogP contribution in [-0.4, -0.2) is 43.6 Å². The van der Waals surface area contributed by atoms with Crippen molar-refractivity contribution >= 4 is 11.8 Å². The molecule has 7 nitrogen and oxygen atoms in total. The summed E-state index contributed by atoms with van der Waals surface area (Å²) in [5.74, 6) is 1.19. The summed E-state index contributed by atoms with van der Waals surface area (Å²) in [4.78, 5) is 27.8. The summed E-state index contributed by atoms with van der Waals surface area (Å²) in [6.45, 7) is 3.49. The van der Waals surface area contributed by atoms with Gasteiger partial charge in [-0.2, -0.15) is 0 Å². The van der Waals surface area contributed by atoms with Crippen molar-refractivity contribution in [1.29, 1.82) is 0 Å². The van der Waals surface area contributed by atoms with Crippen LogP contribution in [0.4, 0.5) is 0 Å². The van der Waals surface area contributed by atoms with E-state index >= 15 is 0 Å². The molecule has 0 aliphatic rings. The Bertz CT molecular complexity index is 766. The number of nitrogens with zero attached hydrogens (tertiary/aromatic N) is 1. The number of aromatic nitrogens is 1. The minimum Gasteiger partial charge on any atom is -0.493 e. The molecule has 0 saturated carbocycles. The first-order chi connectivity index (χ1) is 13.6. The van der Waals surface area contributed by atoms with E-state index in [1.165, 1.54) is 6.20 Å². The molecule has 0 bridgehead atoms. The van der Waals surface area contributed by atoms with Gasteiger partial charge in [0.15, 0.2) is 11.5 Å². The second kappa shape index (κ2) is 11.6. The molecule has 2 amide bonds. The van der Waals surface area contributed by atoms with E-state index in [0.29, 0.717) is 56.0 Å². The lowest BCUT2D eigenvalue weighted by molar-refractivity contribution is -0.121. The predicted molar refractivity (Wildman–Crippen MR) is 107 cm³/mol. The van der Waals surface area contributed by atoms with E-state index in [9.17, 15) is 9.59 Å². The minimum absolute atomic E-state index is 0.0218. The summed E-state index contributed by atoms with van der Waals surface area (Å²) in [5.41, 5.74) is 1.54. The molecule has 0 saturated heterocycles. The Labute approximate surface area is 165 Å². The van der Waals surface area contributed by atoms with Gasteiger partial charge in [-0.1, -0.05) is 6.07 Å². The fourth-order valence-corrected chi connectivity index (χ4v) is 2.61. The number of benzene rings is 1. The normalized spacial score (nSPS) is 10.2. The minimum atomic E-state index is -0.163. The summed E-state index contributed by atoms with van der Waals surface area (Å²) in [5, 5.41) is 5.67. The van der Waals surface area contributed by atoms with Gasteiger partial charge in [0.1, 0.15) is 0 Å². The average Bonchev–Trinajstić information content (AvgIpc) is 2.73. The number of ether oxygens (including phenoxy) is 2. The van der Waals surface area contributed by atoms with Gasteiger partial charge in [-0.25, -0.2) is 0 Å². The third-order valence-electron chi connectivity index (χ3n) is 4.05. The van der Waals surface area contributed by atoms with Crippen molar-refractivity contribution in [1.82, 2.24) is 15.6 Å². The van der Waals surface area contributed by atoms with E-state index in [4.69, 9.17) is 9.47 Å². The maximum absolute atomic E-state index is 12.0. The molecular formula is C21H27N3O4. The van der Waals surface area contributed by atoms with Gasteiger partial charge in [-0.15, -0.1) is 0 Å². The zero-order chi connectivity index (χ0) is 20.2. The Hall–Kier alpha value is -3.09. The van der Waals surface area contributed by atoms with Gasteiger partial charge in [-0.3, -0.25) is 14.6 Å². The van der Waals surface area contributed by atoms with Crippen molar-refractivity contribution in [3.05, 3.63) is 53.9 Å². The van der Waals surface area contributed by atoms with Crippen LogP contribution in [0.1, 0.15) is 35.7 Å². The number of aryl methyl sites for hydroxylation is 1. The summed E-state index contributed by atoms with van der Waals surface area (Å²) < 4.78 is 10.8. The Kier molecular flexibility index (Phi) is 8.78. The van der Waals surface area contributed by atoms with Crippen molar-refractivity contribution in [3.63, 3.8) is 0 Å². The van der Waals surface area contributed by atoms with Crippen LogP contribution < -0.4 is 20.1 Å². The number of hydrogen-bond donors (Lipinski definition) is 2. The van der Waals surface area contributed by atoms with E-state index in [1.807, 2.05) is 25.1 Å². The number of amides is 2. The molecule has 2 rings (SSSR count). The van der Waals surface area contributed by atoms with E-state index in [2.05, 4.69) is 15.6 Å². The van der Waals surface area contributed by atoms with Crippen LogP contribution in [-0.2, 0) is 11.2 Å². The predicted octanol–water partition coefficient (Wildman–Crippen LogP) is 2.36. The lowest BCUT2D eigenvalue weighted by Gasteiger charge is -2.11. The van der Waals surface area contributed by atoms with E-state index in [0.717, 1.165) is 5.56 Å². The molecule has 28 heavy (non-hydrogen) atoms. The number of methoxy groups -OCH3 is 1. The second-order valence-corrected chi connectivity index (χ2v) is 6.12. The van der Waals surface area contributed by atoms with Crippen molar-refractivity contribution in [2.24, 2.45) is 0 Å². The SMILES string of the molecule is CCOc1ccc(CCC(=O)NCCCNC(=O)c2cccnc2)cc1OC. The van der Waals surface area contributed by atoms with Crippen molar-refractivity contribution < 1.29 is 19.1 Å². The molecule has 0 atom stereocenters. The largest absolute Gasteiger partial charge is 0.493 e. The molecule has 7 heteroatoms. The maximum Gasteiger partial charge on any atom is 0.252 e. The molecule has 0 aliphatic heterocycles. The lowest BCUT2D eigenvalue weighted by atomic mass is 10.1. The van der Waals surface area contributed by atoms with E-state index in [-0.39, 0.29) is 11.8 Å². The van der Waals surface area contributed by atoms with E-state index < -0.39 is 0 Å². The summed E-state index contributed by atoms with van der Waals surface area (Å²) in [6.07, 6.45) is 4.81. The number of rotatable bonds is 11. The van der Waals surface area contributed by atoms with Gasteiger partial charge in [0.25, 0.3) is 5.91 Å². The molecule has 2 aromatic rings. The highest BCUT2D eigenvalue weighted by Gasteiger charge is 2.08. The molecule has 0 fully saturated rings. The highest BCUT2D eigenvalue weighted by atomic mass is 16.5. The maximum atomic E-state index is 12.0. The Morgan fingerprint density at radius 2 is 1.93 bits per heavy atom. The number of hydrogen-bond acceptors (Lipinski definition) is 5. The lowest BCUT2D eigenvalue weighted by Crippen LogP contribution is -2.30. The Morgan fingerprint density at radius 1 is 1.11 bits per heavy atom. The van der Waals surface area contributed by atoms with Crippen LogP contribution in [0, 0.1) is 0 Å². The van der Waals surface area contributed by atoms with Crippen LogP contribution in [0.3, 0.4) is 0 Å². The van der Waals surface area contributed by atoms with Gasteiger partial charge >= 0.3 is 0 Å². The highest BCUT2D eigenvalue weighted by Crippen LogP contribution is 2.28. The molecule has 2 N–H and O–H groups in total. The second-order valence-electron chi connectivity index (χ2n) is 6.12. The fraction of sp³-hybridized carbons (Fsp3) is 0.381. The smallest absolute Gasteiger partial charge is 0.252 e. The third-order valence-corrected chi connectivity index (χ3v) is 4.05. The number of nitrogens with one attached hydrogen (secondary N) is 2. The van der Waals surface area contributed by atoms with Gasteiger partial charge in [0.2, 0.25) is 5.91 Å². The zero-order valence-corrected chi connectivity index (χ0v) is 16.4. The summed E-state index contributed by atoms with van der Waals surface area (Å²) in [7, 11) is 1.60. The molecular weight excluding hydrogens is 358 g/mol. The monoisotopic (exact) mass is 385 g/mol. The number of carbonyl (C=O) groups is 2. The van der Waals surface area contributed by atoms with Crippen LogP contribution in [0.15, 0.2) is 42.7 Å². The Balaban J connectivity index is 1.64. The number of pyridine rings is 1. The highest BCUT2D eigenvalue weighted by molar-refractivity contribution is 5.93. The molecule has 1 aromatic carbocycles. The first-order valence-corrected chi connectivity index (χ1v) is 9.38. The van der Waals surface area contributed by atoms with Crippen molar-refractivity contribution in [3.8, 4) is 11.5 Å². The summed E-state index contributed by atoms with van der Waals surface area (Å²) in [6, 6.07) is 9.12. The van der Waals surface area contributed by atoms with Gasteiger partial charge in [0, 0.05) is 31.9 Å². The van der Waals surface area contributed by atoms with E-state index in [1.54, 1.807) is 25.4 Å². The molecule has 0 unspecified atom stereocenters. The molecule has 0 spiro atoms.